The Morgan fingerprint density at radius 2 is 2.00 bits per heavy atom. The molecule has 0 bridgehead atoms. The zero-order valence-electron chi connectivity index (χ0n) is 10.1. The topological polar surface area (TPSA) is 60.4 Å². The van der Waals surface area contributed by atoms with Crippen molar-refractivity contribution in [2.24, 2.45) is 0 Å². The molecule has 0 spiro atoms. The fraction of sp³-hybridized carbons (Fsp3) is 0.333. The summed E-state index contributed by atoms with van der Waals surface area (Å²) in [6.07, 6.45) is 1.12. The molecule has 0 saturated carbocycles. The van der Waals surface area contributed by atoms with Crippen LogP contribution >= 0.6 is 11.6 Å². The molecule has 90 valence electrons. The second-order valence-corrected chi connectivity index (χ2v) is 4.36. The van der Waals surface area contributed by atoms with Crippen LogP contribution in [0, 0.1) is 0 Å². The summed E-state index contributed by atoms with van der Waals surface area (Å²) in [4.78, 5) is 24.3. The number of amides is 1. The van der Waals surface area contributed by atoms with E-state index in [9.17, 15) is 14.7 Å². The summed E-state index contributed by atoms with van der Waals surface area (Å²) in [6, 6.07) is 5.79. The van der Waals surface area contributed by atoms with Crippen LogP contribution in [0.15, 0.2) is 24.3 Å². The molecule has 1 atom stereocenters. The van der Waals surface area contributed by atoms with Gasteiger partial charge in [-0.2, -0.15) is 0 Å². The van der Waals surface area contributed by atoms with Crippen LogP contribution in [0.3, 0.4) is 0 Å². The van der Waals surface area contributed by atoms with E-state index in [4.69, 9.17) is 11.6 Å². The minimum Gasteiger partial charge on any atom is -0.548 e. The van der Waals surface area contributed by atoms with Gasteiger partial charge in [-0.25, -0.2) is 0 Å². The summed E-state index contributed by atoms with van der Waals surface area (Å²) in [5.74, 6) is -1.55. The maximum absolute atomic E-state index is 12.1. The van der Waals surface area contributed by atoms with E-state index in [0.717, 1.165) is 0 Å². The average molecular weight is 260 g/mol. The maximum atomic E-state index is 12.1. The fourth-order valence-corrected chi connectivity index (χ4v) is 2.26. The standard InChI is InChI=1S/C12H12ClNO3.Li/c13-9-5-2-1-4-8(9)11(15)14-7-3-6-10(14)12(16)17;/h1-2,4-5,10H,3,6-7H2,(H,16,17);/q;+1/p-1. The number of hydrogen-bond acceptors (Lipinski definition) is 3. The molecule has 4 nitrogen and oxygen atoms in total. The van der Waals surface area contributed by atoms with E-state index in [1.807, 2.05) is 0 Å². The number of aliphatic carboxylic acids is 1. The number of carbonyl (C=O) groups excluding carboxylic acids is 2. The second-order valence-electron chi connectivity index (χ2n) is 3.96. The Kier molecular flexibility index (Phi) is 5.27. The average Bonchev–Trinajstić information content (AvgIpc) is 2.77. The van der Waals surface area contributed by atoms with Gasteiger partial charge < -0.3 is 14.8 Å². The Balaban J connectivity index is 0.00000162. The molecule has 2 rings (SSSR count). The summed E-state index contributed by atoms with van der Waals surface area (Å²) in [6.45, 7) is 0.433. The van der Waals surface area contributed by atoms with E-state index in [2.05, 4.69) is 0 Å². The Labute approximate surface area is 122 Å². The first kappa shape index (κ1) is 15.1. The molecular formula is C12H11ClLiNO3. The number of carboxylic acids is 1. The number of hydrogen-bond donors (Lipinski definition) is 0. The third kappa shape index (κ3) is 2.89. The van der Waals surface area contributed by atoms with E-state index < -0.39 is 12.0 Å². The first-order chi connectivity index (χ1) is 8.11. The van der Waals surface area contributed by atoms with Crippen molar-refractivity contribution in [3.8, 4) is 0 Å². The Bertz CT molecular complexity index is 466. The normalized spacial score (nSPS) is 18.3. The van der Waals surface area contributed by atoms with Gasteiger partial charge in [0.05, 0.1) is 22.6 Å². The molecule has 18 heavy (non-hydrogen) atoms. The molecule has 1 unspecified atom stereocenters. The zero-order valence-corrected chi connectivity index (χ0v) is 10.8. The van der Waals surface area contributed by atoms with Gasteiger partial charge in [-0.1, -0.05) is 23.7 Å². The fourth-order valence-electron chi connectivity index (χ4n) is 2.04. The predicted octanol–water partition coefficient (Wildman–Crippen LogP) is -2.30. The van der Waals surface area contributed by atoms with Gasteiger partial charge >= 0.3 is 18.9 Å². The molecule has 1 aliphatic rings. The Morgan fingerprint density at radius 1 is 1.33 bits per heavy atom. The summed E-state index contributed by atoms with van der Waals surface area (Å²) >= 11 is 5.91. The van der Waals surface area contributed by atoms with E-state index in [-0.39, 0.29) is 24.8 Å². The van der Waals surface area contributed by atoms with E-state index in [1.54, 1.807) is 24.3 Å². The summed E-state index contributed by atoms with van der Waals surface area (Å²) < 4.78 is 0. The van der Waals surface area contributed by atoms with Crippen LogP contribution in [-0.2, 0) is 4.79 Å². The number of nitrogens with zero attached hydrogens (tertiary/aromatic N) is 1. The van der Waals surface area contributed by atoms with Gasteiger partial charge in [-0.05, 0) is 25.0 Å². The summed E-state index contributed by atoms with van der Waals surface area (Å²) in [7, 11) is 0. The van der Waals surface area contributed by atoms with E-state index >= 15 is 0 Å². The van der Waals surface area contributed by atoms with Crippen LogP contribution in [0.1, 0.15) is 23.2 Å². The van der Waals surface area contributed by atoms with Crippen LogP contribution in [0.2, 0.25) is 5.02 Å². The van der Waals surface area contributed by atoms with Crippen molar-refractivity contribution in [3.63, 3.8) is 0 Å². The van der Waals surface area contributed by atoms with Gasteiger partial charge in [0.25, 0.3) is 5.91 Å². The number of carbonyl (C=O) groups is 2. The number of halogens is 1. The van der Waals surface area contributed by atoms with Gasteiger partial charge in [0, 0.05) is 6.54 Å². The molecule has 0 aliphatic carbocycles. The van der Waals surface area contributed by atoms with Crippen LogP contribution in [-0.4, -0.2) is 29.4 Å². The molecule has 1 aromatic rings. The van der Waals surface area contributed by atoms with Crippen molar-refractivity contribution in [1.29, 1.82) is 0 Å². The number of carboxylic acid groups (broad SMARTS) is 1. The van der Waals surface area contributed by atoms with Gasteiger partial charge in [-0.15, -0.1) is 0 Å². The molecular weight excluding hydrogens is 249 g/mol. The molecule has 0 radical (unpaired) electrons. The van der Waals surface area contributed by atoms with Crippen molar-refractivity contribution in [2.45, 2.75) is 18.9 Å². The maximum Gasteiger partial charge on any atom is 1.00 e. The van der Waals surface area contributed by atoms with Gasteiger partial charge in [0.1, 0.15) is 0 Å². The first-order valence-corrected chi connectivity index (χ1v) is 5.75. The SMILES string of the molecule is O=C([O-])C1CCCN1C(=O)c1ccccc1Cl.[Li+]. The summed E-state index contributed by atoms with van der Waals surface area (Å²) in [5, 5.41) is 11.2. The molecule has 1 saturated heterocycles. The smallest absolute Gasteiger partial charge is 0.548 e. The van der Waals surface area contributed by atoms with Gasteiger partial charge in [-0.3, -0.25) is 4.79 Å². The van der Waals surface area contributed by atoms with Crippen LogP contribution in [0.4, 0.5) is 0 Å². The van der Waals surface area contributed by atoms with E-state index in [1.165, 1.54) is 4.90 Å². The van der Waals surface area contributed by atoms with Crippen molar-refractivity contribution < 1.29 is 33.6 Å². The Morgan fingerprint density at radius 3 is 2.61 bits per heavy atom. The molecule has 1 fully saturated rings. The van der Waals surface area contributed by atoms with Crippen LogP contribution in [0.25, 0.3) is 0 Å². The first-order valence-electron chi connectivity index (χ1n) is 5.37. The molecule has 1 amide bonds. The Hall–Kier alpha value is -0.953. The number of rotatable bonds is 2. The third-order valence-corrected chi connectivity index (χ3v) is 3.22. The molecule has 1 heterocycles. The number of likely N-dealkylation sites (tertiary alicyclic amines) is 1. The molecule has 0 N–H and O–H groups in total. The van der Waals surface area contributed by atoms with Crippen molar-refractivity contribution in [2.75, 3.05) is 6.54 Å². The quantitative estimate of drug-likeness (QED) is 0.561. The van der Waals surface area contributed by atoms with Crippen molar-refractivity contribution in [1.82, 2.24) is 4.90 Å². The zero-order chi connectivity index (χ0) is 12.4. The van der Waals surface area contributed by atoms with Crippen LogP contribution in [0.5, 0.6) is 0 Å². The number of benzene rings is 1. The predicted molar refractivity (Wildman–Crippen MR) is 60.5 cm³/mol. The van der Waals surface area contributed by atoms with Crippen molar-refractivity contribution >= 4 is 23.5 Å². The minimum atomic E-state index is -1.21. The van der Waals surface area contributed by atoms with Gasteiger partial charge in [0.15, 0.2) is 0 Å². The van der Waals surface area contributed by atoms with Gasteiger partial charge in [0.2, 0.25) is 0 Å². The molecule has 1 aromatic carbocycles. The van der Waals surface area contributed by atoms with E-state index in [0.29, 0.717) is 30.0 Å². The third-order valence-electron chi connectivity index (χ3n) is 2.89. The van der Waals surface area contributed by atoms with Crippen molar-refractivity contribution in [3.05, 3.63) is 34.9 Å². The minimum absolute atomic E-state index is 0. The largest absolute Gasteiger partial charge is 1.00 e. The molecule has 1 aliphatic heterocycles. The summed E-state index contributed by atoms with van der Waals surface area (Å²) in [5.41, 5.74) is 0.335. The molecule has 0 aromatic heterocycles. The second kappa shape index (κ2) is 6.28. The molecule has 6 heteroatoms. The van der Waals surface area contributed by atoms with Crippen LogP contribution < -0.4 is 24.0 Å². The monoisotopic (exact) mass is 259 g/mol.